The van der Waals surface area contributed by atoms with E-state index in [9.17, 15) is 4.79 Å². The van der Waals surface area contributed by atoms with E-state index in [4.69, 9.17) is 4.74 Å². The Labute approximate surface area is 131 Å². The molecule has 0 fully saturated rings. The summed E-state index contributed by atoms with van der Waals surface area (Å²) in [6.07, 6.45) is 6.37. The third-order valence-corrected chi connectivity index (χ3v) is 3.29. The first-order chi connectivity index (χ1) is 10.8. The Morgan fingerprint density at radius 1 is 1.09 bits per heavy atom. The Hall–Kier alpha value is -2.36. The van der Waals surface area contributed by atoms with Crippen molar-refractivity contribution in [2.24, 2.45) is 0 Å². The maximum Gasteiger partial charge on any atom is 0.256 e. The summed E-state index contributed by atoms with van der Waals surface area (Å²) in [5.74, 6) is 1.17. The van der Waals surface area contributed by atoms with Crippen LogP contribution in [0.15, 0.2) is 48.7 Å². The Bertz CT molecular complexity index is 567. The van der Waals surface area contributed by atoms with Crippen molar-refractivity contribution in [1.29, 1.82) is 0 Å². The second-order valence-corrected chi connectivity index (χ2v) is 5.10. The summed E-state index contributed by atoms with van der Waals surface area (Å²) in [5.41, 5.74) is 0.587. The van der Waals surface area contributed by atoms with Crippen LogP contribution in [0.2, 0.25) is 0 Å². The molecule has 0 aliphatic rings. The zero-order valence-electron chi connectivity index (χ0n) is 12.9. The number of ether oxygens (including phenoxy) is 1. The number of hydrogen-bond donors (Lipinski definition) is 1. The molecule has 1 aromatic heterocycles. The number of nitrogens with one attached hydrogen (secondary N) is 1. The smallest absolute Gasteiger partial charge is 0.256 e. The van der Waals surface area contributed by atoms with E-state index in [2.05, 4.69) is 17.2 Å². The van der Waals surface area contributed by atoms with Crippen LogP contribution in [-0.4, -0.2) is 17.5 Å². The first-order valence-corrected chi connectivity index (χ1v) is 7.75. The number of rotatable bonds is 8. The van der Waals surface area contributed by atoms with Gasteiger partial charge in [0.25, 0.3) is 5.91 Å². The van der Waals surface area contributed by atoms with Gasteiger partial charge in [-0.15, -0.1) is 0 Å². The van der Waals surface area contributed by atoms with Crippen LogP contribution in [0.3, 0.4) is 0 Å². The van der Waals surface area contributed by atoms with Crippen molar-refractivity contribution >= 4 is 11.7 Å². The fraction of sp³-hybridized carbons (Fsp3) is 0.333. The molecule has 4 heteroatoms. The molecule has 2 rings (SSSR count). The molecule has 0 atom stereocenters. The number of amides is 1. The van der Waals surface area contributed by atoms with Crippen molar-refractivity contribution in [2.45, 2.75) is 32.6 Å². The first-order valence-electron chi connectivity index (χ1n) is 7.75. The molecule has 4 nitrogen and oxygen atoms in total. The van der Waals surface area contributed by atoms with E-state index in [1.54, 1.807) is 24.4 Å². The zero-order chi connectivity index (χ0) is 15.6. The van der Waals surface area contributed by atoms with Crippen LogP contribution in [-0.2, 0) is 0 Å². The Morgan fingerprint density at radius 3 is 2.59 bits per heavy atom. The number of carbonyl (C=O) groups excluding carboxylic acids is 1. The number of anilines is 1. The maximum atomic E-state index is 12.1. The molecule has 0 aliphatic carbocycles. The summed E-state index contributed by atoms with van der Waals surface area (Å²) in [6, 6.07) is 12.6. The molecule has 0 unspecified atom stereocenters. The molecule has 0 spiro atoms. The quantitative estimate of drug-likeness (QED) is 0.739. The monoisotopic (exact) mass is 298 g/mol. The zero-order valence-corrected chi connectivity index (χ0v) is 12.9. The SMILES string of the molecule is CCCCCCOc1ccc(C(=O)Nc2ccccn2)cc1. The van der Waals surface area contributed by atoms with Crippen LogP contribution in [0.25, 0.3) is 0 Å². The lowest BCUT2D eigenvalue weighted by atomic mass is 10.2. The fourth-order valence-electron chi connectivity index (χ4n) is 2.05. The van der Waals surface area contributed by atoms with E-state index in [0.29, 0.717) is 11.4 Å². The summed E-state index contributed by atoms with van der Waals surface area (Å²) < 4.78 is 5.66. The van der Waals surface area contributed by atoms with Crippen LogP contribution < -0.4 is 10.1 Å². The van der Waals surface area contributed by atoms with Crippen molar-refractivity contribution in [3.8, 4) is 5.75 Å². The topological polar surface area (TPSA) is 51.2 Å². The third kappa shape index (κ3) is 5.20. The predicted octanol–water partition coefficient (Wildman–Crippen LogP) is 4.29. The normalized spacial score (nSPS) is 10.2. The Kier molecular flexibility index (Phi) is 6.42. The minimum atomic E-state index is -0.173. The van der Waals surface area contributed by atoms with Crippen LogP contribution in [0.1, 0.15) is 43.0 Å². The molecule has 2 aromatic rings. The van der Waals surface area contributed by atoms with E-state index in [0.717, 1.165) is 18.8 Å². The Balaban J connectivity index is 1.82. The van der Waals surface area contributed by atoms with Crippen molar-refractivity contribution in [3.63, 3.8) is 0 Å². The molecule has 1 amide bonds. The fourth-order valence-corrected chi connectivity index (χ4v) is 2.05. The van der Waals surface area contributed by atoms with Gasteiger partial charge in [0.05, 0.1) is 6.61 Å². The molecular weight excluding hydrogens is 276 g/mol. The molecule has 1 heterocycles. The minimum absolute atomic E-state index is 0.173. The highest BCUT2D eigenvalue weighted by molar-refractivity contribution is 6.03. The Morgan fingerprint density at radius 2 is 1.91 bits per heavy atom. The number of unbranched alkanes of at least 4 members (excludes halogenated alkanes) is 3. The minimum Gasteiger partial charge on any atom is -0.494 e. The van der Waals surface area contributed by atoms with E-state index in [1.165, 1.54) is 19.3 Å². The summed E-state index contributed by atoms with van der Waals surface area (Å²) in [6.45, 7) is 2.91. The molecule has 0 aliphatic heterocycles. The largest absolute Gasteiger partial charge is 0.494 e. The van der Waals surface area contributed by atoms with Crippen LogP contribution in [0.5, 0.6) is 5.75 Å². The van der Waals surface area contributed by atoms with Gasteiger partial charge in [0.15, 0.2) is 0 Å². The van der Waals surface area contributed by atoms with Gasteiger partial charge in [0.2, 0.25) is 0 Å². The molecule has 0 radical (unpaired) electrons. The summed E-state index contributed by atoms with van der Waals surface area (Å²) >= 11 is 0. The lowest BCUT2D eigenvalue weighted by Crippen LogP contribution is -2.12. The second kappa shape index (κ2) is 8.82. The summed E-state index contributed by atoms with van der Waals surface area (Å²) in [5, 5.41) is 2.75. The molecule has 0 saturated heterocycles. The average molecular weight is 298 g/mol. The number of carbonyl (C=O) groups is 1. The molecule has 116 valence electrons. The summed E-state index contributed by atoms with van der Waals surface area (Å²) in [7, 11) is 0. The van der Waals surface area contributed by atoms with E-state index < -0.39 is 0 Å². The van der Waals surface area contributed by atoms with Gasteiger partial charge >= 0.3 is 0 Å². The highest BCUT2D eigenvalue weighted by Crippen LogP contribution is 2.14. The number of nitrogens with zero attached hydrogens (tertiary/aromatic N) is 1. The van der Waals surface area contributed by atoms with Crippen LogP contribution >= 0.6 is 0 Å². The number of hydrogen-bond acceptors (Lipinski definition) is 3. The molecule has 1 aromatic carbocycles. The molecule has 0 saturated carbocycles. The lowest BCUT2D eigenvalue weighted by Gasteiger charge is -2.07. The van der Waals surface area contributed by atoms with Gasteiger partial charge in [-0.1, -0.05) is 32.3 Å². The molecular formula is C18H22N2O2. The van der Waals surface area contributed by atoms with Crippen molar-refractivity contribution in [1.82, 2.24) is 4.98 Å². The van der Waals surface area contributed by atoms with Gasteiger partial charge in [0.1, 0.15) is 11.6 Å². The van der Waals surface area contributed by atoms with E-state index in [-0.39, 0.29) is 5.91 Å². The van der Waals surface area contributed by atoms with Crippen molar-refractivity contribution in [3.05, 3.63) is 54.2 Å². The van der Waals surface area contributed by atoms with Gasteiger partial charge in [-0.25, -0.2) is 4.98 Å². The molecule has 22 heavy (non-hydrogen) atoms. The van der Waals surface area contributed by atoms with Gasteiger partial charge in [-0.2, -0.15) is 0 Å². The average Bonchev–Trinajstić information content (AvgIpc) is 2.56. The van der Waals surface area contributed by atoms with Crippen LogP contribution in [0, 0.1) is 0 Å². The number of benzene rings is 1. The highest BCUT2D eigenvalue weighted by Gasteiger charge is 2.06. The molecule has 1 N–H and O–H groups in total. The van der Waals surface area contributed by atoms with Crippen molar-refractivity contribution in [2.75, 3.05) is 11.9 Å². The van der Waals surface area contributed by atoms with E-state index in [1.807, 2.05) is 24.3 Å². The van der Waals surface area contributed by atoms with Crippen molar-refractivity contribution < 1.29 is 9.53 Å². The first kappa shape index (κ1) is 16.0. The predicted molar refractivity (Wildman–Crippen MR) is 88.3 cm³/mol. The number of pyridine rings is 1. The summed E-state index contributed by atoms with van der Waals surface area (Å²) in [4.78, 5) is 16.1. The number of aromatic nitrogens is 1. The van der Waals surface area contributed by atoms with Gasteiger partial charge in [-0.3, -0.25) is 4.79 Å². The maximum absolute atomic E-state index is 12.1. The van der Waals surface area contributed by atoms with E-state index >= 15 is 0 Å². The van der Waals surface area contributed by atoms with Gasteiger partial charge in [0, 0.05) is 11.8 Å². The van der Waals surface area contributed by atoms with Gasteiger partial charge < -0.3 is 10.1 Å². The lowest BCUT2D eigenvalue weighted by molar-refractivity contribution is 0.102. The highest BCUT2D eigenvalue weighted by atomic mass is 16.5. The van der Waals surface area contributed by atoms with Crippen LogP contribution in [0.4, 0.5) is 5.82 Å². The third-order valence-electron chi connectivity index (χ3n) is 3.29. The van der Waals surface area contributed by atoms with Gasteiger partial charge in [-0.05, 0) is 42.8 Å². The standard InChI is InChI=1S/C18H22N2O2/c1-2-3-4-7-14-22-16-11-9-15(10-12-16)18(21)20-17-8-5-6-13-19-17/h5-6,8-13H,2-4,7,14H2,1H3,(H,19,20,21). The second-order valence-electron chi connectivity index (χ2n) is 5.10. The molecule has 0 bridgehead atoms.